The predicted molar refractivity (Wildman–Crippen MR) is 107 cm³/mol. The average molecular weight is 415 g/mol. The summed E-state index contributed by atoms with van der Waals surface area (Å²) in [5.74, 6) is 0.856. The first-order valence-corrected chi connectivity index (χ1v) is 12.0. The van der Waals surface area contributed by atoms with E-state index in [2.05, 4.69) is 68.9 Å². The lowest BCUT2D eigenvalue weighted by Crippen LogP contribution is -2.41. The second kappa shape index (κ2) is 9.18. The van der Waals surface area contributed by atoms with E-state index in [4.69, 9.17) is 13.9 Å². The molecule has 0 aliphatic rings. The van der Waals surface area contributed by atoms with Crippen molar-refractivity contribution in [1.82, 2.24) is 0 Å². The molecule has 0 atom stereocenters. The third-order valence-electron chi connectivity index (χ3n) is 4.49. The van der Waals surface area contributed by atoms with Crippen molar-refractivity contribution in [2.45, 2.75) is 52.2 Å². The fourth-order valence-electron chi connectivity index (χ4n) is 1.82. The molecule has 24 heavy (non-hydrogen) atoms. The van der Waals surface area contributed by atoms with Crippen LogP contribution in [0.3, 0.4) is 0 Å². The van der Waals surface area contributed by atoms with E-state index in [1.54, 1.807) is 7.11 Å². The van der Waals surface area contributed by atoms with E-state index >= 15 is 0 Å². The van der Waals surface area contributed by atoms with Crippen molar-refractivity contribution in [3.8, 4) is 5.75 Å². The van der Waals surface area contributed by atoms with Crippen LogP contribution in [0.2, 0.25) is 18.1 Å². The van der Waals surface area contributed by atoms with Crippen LogP contribution in [0.5, 0.6) is 5.75 Å². The van der Waals surface area contributed by atoms with Gasteiger partial charge in [0.2, 0.25) is 0 Å². The average Bonchev–Trinajstić information content (AvgIpc) is 2.49. The summed E-state index contributed by atoms with van der Waals surface area (Å²) < 4.78 is 18.0. The van der Waals surface area contributed by atoms with Gasteiger partial charge in [0.15, 0.2) is 15.1 Å². The summed E-state index contributed by atoms with van der Waals surface area (Å²) in [4.78, 5) is 0. The van der Waals surface area contributed by atoms with Crippen molar-refractivity contribution in [1.29, 1.82) is 0 Å². The van der Waals surface area contributed by atoms with Crippen molar-refractivity contribution in [2.75, 3.05) is 20.5 Å². The molecule has 5 heteroatoms. The molecular weight excluding hydrogens is 384 g/mol. The highest BCUT2D eigenvalue weighted by Crippen LogP contribution is 2.36. The Morgan fingerprint density at radius 1 is 1.25 bits per heavy atom. The van der Waals surface area contributed by atoms with Crippen LogP contribution in [0, 0.1) is 0 Å². The fraction of sp³-hybridized carbons (Fsp3) is 0.579. The summed E-state index contributed by atoms with van der Waals surface area (Å²) in [5, 5.41) is 0.235. The molecule has 0 heterocycles. The maximum atomic E-state index is 6.27. The van der Waals surface area contributed by atoms with Gasteiger partial charge in [0.25, 0.3) is 0 Å². The first kappa shape index (κ1) is 21.4. The van der Waals surface area contributed by atoms with E-state index in [1.165, 1.54) is 5.57 Å². The molecule has 0 unspecified atom stereocenters. The molecule has 136 valence electrons. The Bertz CT molecular complexity index is 562. The minimum atomic E-state index is -1.70. The van der Waals surface area contributed by atoms with E-state index in [0.29, 0.717) is 6.61 Å². The summed E-state index contributed by atoms with van der Waals surface area (Å²) in [7, 11) is -0.0772. The normalized spacial score (nSPS) is 13.2. The maximum Gasteiger partial charge on any atom is 0.192 e. The van der Waals surface area contributed by atoms with Gasteiger partial charge in [-0.2, -0.15) is 0 Å². The lowest BCUT2D eigenvalue weighted by atomic mass is 10.1. The summed E-state index contributed by atoms with van der Waals surface area (Å²) in [6.07, 6.45) is 3.03. The molecule has 0 saturated carbocycles. The molecule has 1 aromatic carbocycles. The van der Waals surface area contributed by atoms with Crippen LogP contribution in [-0.2, 0) is 15.6 Å². The number of methoxy groups -OCH3 is 1. The number of allylic oxidation sites excluding steroid dienone is 1. The van der Waals surface area contributed by atoms with E-state index in [9.17, 15) is 0 Å². The van der Waals surface area contributed by atoms with Crippen LogP contribution in [0.25, 0.3) is 0 Å². The monoisotopic (exact) mass is 414 g/mol. The van der Waals surface area contributed by atoms with Gasteiger partial charge in [-0.3, -0.25) is 0 Å². The summed E-state index contributed by atoms with van der Waals surface area (Å²) in [6, 6.07) is 6.03. The quantitative estimate of drug-likeness (QED) is 0.299. The predicted octanol–water partition coefficient (Wildman–Crippen LogP) is 5.94. The van der Waals surface area contributed by atoms with Crippen LogP contribution < -0.4 is 4.74 Å². The second-order valence-corrected chi connectivity index (χ2v) is 13.3. The van der Waals surface area contributed by atoms with Crippen LogP contribution in [0.4, 0.5) is 0 Å². The highest BCUT2D eigenvalue weighted by atomic mass is 79.9. The molecule has 0 radical (unpaired) electrons. The number of rotatable bonds is 8. The van der Waals surface area contributed by atoms with Gasteiger partial charge in [-0.15, -0.1) is 0 Å². The summed E-state index contributed by atoms with van der Waals surface area (Å²) in [5.41, 5.74) is 2.38. The molecule has 0 saturated heterocycles. The molecule has 1 rings (SSSR count). The van der Waals surface area contributed by atoms with Gasteiger partial charge in [0, 0.05) is 11.6 Å². The maximum absolute atomic E-state index is 6.27. The van der Waals surface area contributed by atoms with Gasteiger partial charge in [-0.1, -0.05) is 48.4 Å². The van der Waals surface area contributed by atoms with Crippen LogP contribution in [0.15, 0.2) is 34.3 Å². The third-order valence-corrected chi connectivity index (χ3v) is 9.46. The van der Waals surface area contributed by atoms with E-state index in [-0.39, 0.29) is 11.8 Å². The van der Waals surface area contributed by atoms with Gasteiger partial charge < -0.3 is 13.9 Å². The topological polar surface area (TPSA) is 27.7 Å². The van der Waals surface area contributed by atoms with Crippen molar-refractivity contribution < 1.29 is 13.9 Å². The van der Waals surface area contributed by atoms with E-state index in [0.717, 1.165) is 22.2 Å². The van der Waals surface area contributed by atoms with Crippen LogP contribution in [0.1, 0.15) is 33.3 Å². The zero-order valence-corrected chi connectivity index (χ0v) is 18.6. The minimum Gasteiger partial charge on any atom is -0.467 e. The largest absolute Gasteiger partial charge is 0.467 e. The van der Waals surface area contributed by atoms with Crippen molar-refractivity contribution in [2.24, 2.45) is 0 Å². The molecule has 0 fully saturated rings. The number of halogens is 1. The Morgan fingerprint density at radius 2 is 1.92 bits per heavy atom. The molecule has 0 spiro atoms. The first-order chi connectivity index (χ1) is 11.1. The summed E-state index contributed by atoms with van der Waals surface area (Å²) >= 11 is 3.52. The molecule has 0 aliphatic heterocycles. The Labute approximate surface area is 156 Å². The fourth-order valence-corrected chi connectivity index (χ4v) is 3.25. The molecular formula is C19H31BrO3Si. The number of benzene rings is 1. The Hall–Kier alpha value is -0.623. The van der Waals surface area contributed by atoms with E-state index in [1.807, 2.05) is 12.1 Å². The van der Waals surface area contributed by atoms with Crippen molar-refractivity contribution in [3.63, 3.8) is 0 Å². The molecule has 1 aromatic rings. The smallest absolute Gasteiger partial charge is 0.192 e. The van der Waals surface area contributed by atoms with Gasteiger partial charge in [-0.25, -0.2) is 0 Å². The second-order valence-electron chi connectivity index (χ2n) is 7.61. The van der Waals surface area contributed by atoms with Crippen molar-refractivity contribution >= 4 is 24.2 Å². The van der Waals surface area contributed by atoms with Crippen molar-refractivity contribution in [3.05, 3.63) is 39.9 Å². The lowest BCUT2D eigenvalue weighted by molar-refractivity contribution is 0.0505. The molecule has 0 bridgehead atoms. The first-order valence-electron chi connectivity index (χ1n) is 8.26. The zero-order chi connectivity index (χ0) is 18.4. The minimum absolute atomic E-state index is 0.235. The van der Waals surface area contributed by atoms with Gasteiger partial charge in [-0.05, 0) is 55.2 Å². The van der Waals surface area contributed by atoms with E-state index < -0.39 is 8.32 Å². The standard InChI is InChI=1S/C19H31BrO3Si/c1-15(13-23-24(6,7)19(2,3)4)8-9-16-12-17(20)10-11-18(16)22-14-21-5/h8,10-12H,9,13-14H2,1-7H3. The van der Waals surface area contributed by atoms with Gasteiger partial charge >= 0.3 is 0 Å². The Morgan fingerprint density at radius 3 is 2.50 bits per heavy atom. The number of hydrogen-bond acceptors (Lipinski definition) is 3. The Kier molecular flexibility index (Phi) is 8.19. The molecule has 0 aromatic heterocycles. The Balaban J connectivity index is 2.73. The third kappa shape index (κ3) is 6.71. The zero-order valence-electron chi connectivity index (χ0n) is 16.0. The highest BCUT2D eigenvalue weighted by Gasteiger charge is 2.36. The van der Waals surface area contributed by atoms with Crippen LogP contribution in [-0.4, -0.2) is 28.8 Å². The molecule has 0 N–H and O–H groups in total. The SMILES string of the molecule is COCOc1ccc(Br)cc1CC=C(C)CO[Si](C)(C)C(C)(C)C. The number of hydrogen-bond donors (Lipinski definition) is 0. The highest BCUT2D eigenvalue weighted by molar-refractivity contribution is 9.10. The number of ether oxygens (including phenoxy) is 2. The van der Waals surface area contributed by atoms with Gasteiger partial charge in [0.1, 0.15) is 5.75 Å². The molecule has 3 nitrogen and oxygen atoms in total. The summed E-state index contributed by atoms with van der Waals surface area (Å²) in [6.45, 7) is 14.4. The lowest BCUT2D eigenvalue weighted by Gasteiger charge is -2.36. The van der Waals surface area contributed by atoms with Gasteiger partial charge in [0.05, 0.1) is 6.61 Å². The molecule has 0 amide bonds. The van der Waals surface area contributed by atoms with Crippen LogP contribution >= 0.6 is 15.9 Å². The molecule has 0 aliphatic carbocycles.